The molecule has 1 aromatic carbocycles. The molecule has 0 unspecified atom stereocenters. The van der Waals surface area contributed by atoms with Crippen LogP contribution in [0.2, 0.25) is 0 Å². The fourth-order valence-electron chi connectivity index (χ4n) is 1.67. The fourth-order valence-corrected chi connectivity index (χ4v) is 2.06. The van der Waals surface area contributed by atoms with E-state index in [1.54, 1.807) is 12.1 Å². The van der Waals surface area contributed by atoms with Crippen LogP contribution >= 0.6 is 0 Å². The summed E-state index contributed by atoms with van der Waals surface area (Å²) in [6.07, 6.45) is 3.91. The van der Waals surface area contributed by atoms with Crippen molar-refractivity contribution in [1.82, 2.24) is 6.15 Å². The number of rotatable bonds is 8. The summed E-state index contributed by atoms with van der Waals surface area (Å²) in [5.41, 5.74) is 0.800. The van der Waals surface area contributed by atoms with Gasteiger partial charge in [-0.1, -0.05) is 38.0 Å². The Labute approximate surface area is 134 Å². The van der Waals surface area contributed by atoms with Crippen LogP contribution in [0.3, 0.4) is 0 Å². The molecule has 22 heavy (non-hydrogen) atoms. The Balaban J connectivity index is 0. The smallest absolute Gasteiger partial charge is 0.382 e. The zero-order chi connectivity index (χ0) is 16.1. The number of benzene rings is 1. The molecule has 0 aliphatic carbocycles. The van der Waals surface area contributed by atoms with Gasteiger partial charge in [0.25, 0.3) is 0 Å². The Morgan fingerprint density at radius 3 is 2.09 bits per heavy atom. The van der Waals surface area contributed by atoms with Crippen molar-refractivity contribution in [3.8, 4) is 5.75 Å². The van der Waals surface area contributed by atoms with Crippen molar-refractivity contribution in [2.24, 2.45) is 0 Å². The molecule has 0 atom stereocenters. The van der Waals surface area contributed by atoms with Crippen molar-refractivity contribution < 1.29 is 21.9 Å². The normalized spacial score (nSPS) is 10.2. The highest BCUT2D eigenvalue weighted by Crippen LogP contribution is 2.21. The Morgan fingerprint density at radius 2 is 1.64 bits per heavy atom. The standard InChI is InChI=1S/C11H16O4S.C4H10O.H3N/c1-2-3-4-7-10-8-5-6-9-11(10)15-16(12,13)14;1-3-5-4-2;/h5-6,8-9H,2-4,7H2,1H3,(H,12,13,14);3-4H2,1-2H3;1H3. The maximum Gasteiger partial charge on any atom is 0.446 e. The second kappa shape index (κ2) is 13.5. The van der Waals surface area contributed by atoms with E-state index in [0.29, 0.717) is 0 Å². The highest BCUT2D eigenvalue weighted by atomic mass is 32.3. The first-order chi connectivity index (χ1) is 9.94. The van der Waals surface area contributed by atoms with Gasteiger partial charge in [0, 0.05) is 13.2 Å². The molecule has 7 heteroatoms. The third kappa shape index (κ3) is 12.6. The van der Waals surface area contributed by atoms with Crippen LogP contribution in [0.25, 0.3) is 0 Å². The first-order valence-electron chi connectivity index (χ1n) is 7.27. The van der Waals surface area contributed by atoms with E-state index in [0.717, 1.165) is 44.5 Å². The molecule has 0 heterocycles. The van der Waals surface area contributed by atoms with E-state index in [4.69, 9.17) is 9.29 Å². The first-order valence-corrected chi connectivity index (χ1v) is 8.63. The van der Waals surface area contributed by atoms with Crippen LogP contribution < -0.4 is 10.3 Å². The minimum Gasteiger partial charge on any atom is -0.382 e. The third-order valence-corrected chi connectivity index (χ3v) is 3.02. The van der Waals surface area contributed by atoms with Crippen molar-refractivity contribution >= 4 is 10.4 Å². The van der Waals surface area contributed by atoms with Crippen LogP contribution in [0.1, 0.15) is 45.6 Å². The molecule has 130 valence electrons. The van der Waals surface area contributed by atoms with Gasteiger partial charge in [-0.15, -0.1) is 0 Å². The maximum atomic E-state index is 10.6. The predicted octanol–water partition coefficient (Wildman–Crippen LogP) is 3.81. The van der Waals surface area contributed by atoms with Gasteiger partial charge >= 0.3 is 10.4 Å². The quantitative estimate of drug-likeness (QED) is 0.552. The molecule has 0 fully saturated rings. The molecule has 0 aromatic heterocycles. The Hall–Kier alpha value is -1.15. The van der Waals surface area contributed by atoms with Gasteiger partial charge in [-0.25, -0.2) is 0 Å². The molecule has 0 spiro atoms. The van der Waals surface area contributed by atoms with Crippen molar-refractivity contribution in [3.63, 3.8) is 0 Å². The molecule has 1 rings (SSSR count). The second-order valence-corrected chi connectivity index (χ2v) is 5.38. The summed E-state index contributed by atoms with van der Waals surface area (Å²) in [5, 5.41) is 0. The van der Waals surface area contributed by atoms with Crippen molar-refractivity contribution in [3.05, 3.63) is 29.8 Å². The third-order valence-electron chi connectivity index (χ3n) is 2.63. The number of ether oxygens (including phenoxy) is 1. The summed E-state index contributed by atoms with van der Waals surface area (Å²) in [6.45, 7) is 7.76. The SMILES string of the molecule is CCCCCc1ccccc1OS(=O)(=O)O.CCOCC.N. The molecular weight excluding hydrogens is 306 g/mol. The van der Waals surface area contributed by atoms with Gasteiger partial charge in [0.2, 0.25) is 0 Å². The predicted molar refractivity (Wildman–Crippen MR) is 89.0 cm³/mol. The van der Waals surface area contributed by atoms with Gasteiger partial charge in [-0.3, -0.25) is 4.55 Å². The topological polar surface area (TPSA) is 108 Å². The van der Waals surface area contributed by atoms with E-state index in [2.05, 4.69) is 11.1 Å². The van der Waals surface area contributed by atoms with E-state index >= 15 is 0 Å². The molecule has 1 aromatic rings. The van der Waals surface area contributed by atoms with E-state index in [-0.39, 0.29) is 11.9 Å². The summed E-state index contributed by atoms with van der Waals surface area (Å²) in [4.78, 5) is 0. The van der Waals surface area contributed by atoms with Crippen LogP contribution in [0.4, 0.5) is 0 Å². The molecule has 0 amide bonds. The minimum atomic E-state index is -4.43. The summed E-state index contributed by atoms with van der Waals surface area (Å²) in [7, 11) is -4.43. The zero-order valence-electron chi connectivity index (χ0n) is 13.7. The van der Waals surface area contributed by atoms with Gasteiger partial charge in [0.05, 0.1) is 0 Å². The zero-order valence-corrected chi connectivity index (χ0v) is 14.6. The largest absolute Gasteiger partial charge is 0.446 e. The molecule has 0 saturated carbocycles. The Kier molecular flexibility index (Phi) is 14.2. The summed E-state index contributed by atoms with van der Waals surface area (Å²) in [6, 6.07) is 6.83. The van der Waals surface area contributed by atoms with E-state index in [1.807, 2.05) is 19.9 Å². The van der Waals surface area contributed by atoms with Crippen LogP contribution in [0, 0.1) is 0 Å². The average molecular weight is 335 g/mol. The van der Waals surface area contributed by atoms with Crippen molar-refractivity contribution in [1.29, 1.82) is 0 Å². The summed E-state index contributed by atoms with van der Waals surface area (Å²) in [5.74, 6) is 0.209. The maximum absolute atomic E-state index is 10.6. The van der Waals surface area contributed by atoms with Crippen LogP contribution in [-0.2, 0) is 21.6 Å². The monoisotopic (exact) mass is 335 g/mol. The molecular formula is C15H29NO5S. The number of hydrogen-bond donors (Lipinski definition) is 2. The highest BCUT2D eigenvalue weighted by Gasteiger charge is 2.10. The number of aryl methyl sites for hydroxylation is 1. The lowest BCUT2D eigenvalue weighted by atomic mass is 10.1. The molecule has 0 saturated heterocycles. The Bertz CT molecular complexity index is 475. The van der Waals surface area contributed by atoms with E-state index in [1.165, 1.54) is 6.07 Å². The molecule has 0 bridgehead atoms. The molecule has 6 nitrogen and oxygen atoms in total. The van der Waals surface area contributed by atoms with Gasteiger partial charge in [-0.2, -0.15) is 8.42 Å². The van der Waals surface area contributed by atoms with Crippen molar-refractivity contribution in [2.75, 3.05) is 13.2 Å². The van der Waals surface area contributed by atoms with Gasteiger partial charge in [0.15, 0.2) is 0 Å². The second-order valence-electron chi connectivity index (χ2n) is 4.36. The van der Waals surface area contributed by atoms with Gasteiger partial charge in [-0.05, 0) is 38.3 Å². The number of hydrogen-bond acceptors (Lipinski definition) is 5. The fraction of sp³-hybridized carbons (Fsp3) is 0.600. The van der Waals surface area contributed by atoms with Crippen LogP contribution in [-0.4, -0.2) is 26.2 Å². The van der Waals surface area contributed by atoms with Gasteiger partial charge in [0.1, 0.15) is 5.75 Å². The van der Waals surface area contributed by atoms with Crippen LogP contribution in [0.15, 0.2) is 24.3 Å². The minimum absolute atomic E-state index is 0. The lowest BCUT2D eigenvalue weighted by Gasteiger charge is -2.07. The van der Waals surface area contributed by atoms with E-state index in [9.17, 15) is 8.42 Å². The van der Waals surface area contributed by atoms with E-state index < -0.39 is 10.4 Å². The molecule has 0 aliphatic rings. The average Bonchev–Trinajstić information content (AvgIpc) is 2.41. The highest BCUT2D eigenvalue weighted by molar-refractivity contribution is 7.81. The summed E-state index contributed by atoms with van der Waals surface area (Å²) >= 11 is 0. The molecule has 0 aliphatic heterocycles. The summed E-state index contributed by atoms with van der Waals surface area (Å²) < 4.78 is 39.2. The lowest BCUT2D eigenvalue weighted by molar-refractivity contribution is 0.162. The number of unbranched alkanes of at least 4 members (excludes halogenated alkanes) is 2. The van der Waals surface area contributed by atoms with Crippen LogP contribution in [0.5, 0.6) is 5.75 Å². The Morgan fingerprint density at radius 1 is 1.05 bits per heavy atom. The van der Waals surface area contributed by atoms with Crippen molar-refractivity contribution in [2.45, 2.75) is 46.5 Å². The van der Waals surface area contributed by atoms with Gasteiger partial charge < -0.3 is 15.1 Å². The number of para-hydroxylation sites is 1. The lowest BCUT2D eigenvalue weighted by Crippen LogP contribution is -2.08. The molecule has 0 radical (unpaired) electrons. The first kappa shape index (κ1) is 23.1. The molecule has 4 N–H and O–H groups in total.